The van der Waals surface area contributed by atoms with Crippen LogP contribution in [-0.4, -0.2) is 19.1 Å². The average molecular weight is 317 g/mol. The summed E-state index contributed by atoms with van der Waals surface area (Å²) in [6.07, 6.45) is 3.32. The van der Waals surface area contributed by atoms with E-state index in [-0.39, 0.29) is 5.91 Å². The molecule has 0 aliphatic rings. The maximum Gasteiger partial charge on any atom is 0.225 e. The first-order chi connectivity index (χ1) is 10.8. The number of ether oxygens (including phenoxy) is 1. The van der Waals surface area contributed by atoms with Crippen LogP contribution < -0.4 is 10.1 Å². The zero-order chi connectivity index (χ0) is 15.6. The van der Waals surface area contributed by atoms with Gasteiger partial charge in [0.25, 0.3) is 0 Å². The third-order valence-corrected chi connectivity index (χ3v) is 4.17. The van der Waals surface area contributed by atoms with Crippen LogP contribution in [0.2, 0.25) is 0 Å². The summed E-state index contributed by atoms with van der Waals surface area (Å²) >= 11 is 1.62. The molecule has 3 nitrogen and oxygen atoms in total. The Morgan fingerprint density at radius 2 is 2.09 bits per heavy atom. The van der Waals surface area contributed by atoms with Crippen molar-refractivity contribution in [2.75, 3.05) is 13.2 Å². The smallest absolute Gasteiger partial charge is 0.225 e. The third-order valence-electron chi connectivity index (χ3n) is 3.29. The minimum Gasteiger partial charge on any atom is -0.493 e. The molecule has 2 rings (SSSR count). The van der Waals surface area contributed by atoms with Crippen molar-refractivity contribution in [1.29, 1.82) is 0 Å². The number of carbonyl (C=O) groups excluding carboxylic acids is 1. The monoisotopic (exact) mass is 317 g/mol. The second-order valence-corrected chi connectivity index (χ2v) is 6.20. The zero-order valence-corrected chi connectivity index (χ0v) is 13.8. The molecule has 0 saturated heterocycles. The lowest BCUT2D eigenvalue weighted by Crippen LogP contribution is -2.26. The molecule has 0 unspecified atom stereocenters. The van der Waals surface area contributed by atoms with E-state index in [0.717, 1.165) is 36.5 Å². The van der Waals surface area contributed by atoms with Crippen LogP contribution in [0.1, 0.15) is 30.2 Å². The van der Waals surface area contributed by atoms with E-state index in [0.29, 0.717) is 13.0 Å². The predicted octanol–water partition coefficient (Wildman–Crippen LogP) is 3.83. The molecule has 22 heavy (non-hydrogen) atoms. The Bertz CT molecular complexity index is 566. The summed E-state index contributed by atoms with van der Waals surface area (Å²) in [6, 6.07) is 12.1. The van der Waals surface area contributed by atoms with E-state index < -0.39 is 0 Å². The van der Waals surface area contributed by atoms with E-state index in [4.69, 9.17) is 4.74 Å². The van der Waals surface area contributed by atoms with Gasteiger partial charge >= 0.3 is 0 Å². The molecule has 1 amide bonds. The van der Waals surface area contributed by atoms with Crippen molar-refractivity contribution in [1.82, 2.24) is 5.32 Å². The van der Waals surface area contributed by atoms with Crippen molar-refractivity contribution >= 4 is 17.2 Å². The topological polar surface area (TPSA) is 38.3 Å². The molecule has 1 aromatic carbocycles. The van der Waals surface area contributed by atoms with Crippen LogP contribution in [0.3, 0.4) is 0 Å². The van der Waals surface area contributed by atoms with Gasteiger partial charge in [0.2, 0.25) is 5.91 Å². The van der Waals surface area contributed by atoms with Crippen LogP contribution in [0.4, 0.5) is 0 Å². The fraction of sp³-hybridized carbons (Fsp3) is 0.389. The van der Waals surface area contributed by atoms with Gasteiger partial charge < -0.3 is 10.1 Å². The standard InChI is InChI=1S/C18H23NO2S/c1-2-12-21-17-10-4-3-7-15(17)8-5-11-19-18(20)14-16-9-6-13-22-16/h3-4,6-7,9-10,13H,2,5,8,11-12,14H2,1H3,(H,19,20). The first kappa shape index (κ1) is 16.6. The number of hydrogen-bond acceptors (Lipinski definition) is 3. The molecular weight excluding hydrogens is 294 g/mol. The molecule has 1 aromatic heterocycles. The Morgan fingerprint density at radius 1 is 1.23 bits per heavy atom. The van der Waals surface area contributed by atoms with Gasteiger partial charge in [0.1, 0.15) is 5.75 Å². The number of amides is 1. The molecule has 0 atom stereocenters. The van der Waals surface area contributed by atoms with Crippen LogP contribution in [0.5, 0.6) is 5.75 Å². The molecule has 1 heterocycles. The van der Waals surface area contributed by atoms with Crippen LogP contribution >= 0.6 is 11.3 Å². The van der Waals surface area contributed by atoms with Crippen molar-refractivity contribution in [2.45, 2.75) is 32.6 Å². The van der Waals surface area contributed by atoms with Crippen LogP contribution in [-0.2, 0) is 17.6 Å². The molecule has 0 fully saturated rings. The van der Waals surface area contributed by atoms with E-state index in [1.54, 1.807) is 11.3 Å². The van der Waals surface area contributed by atoms with E-state index >= 15 is 0 Å². The predicted molar refractivity (Wildman–Crippen MR) is 91.6 cm³/mol. The zero-order valence-electron chi connectivity index (χ0n) is 13.0. The molecule has 0 saturated carbocycles. The highest BCUT2D eigenvalue weighted by atomic mass is 32.1. The van der Waals surface area contributed by atoms with E-state index in [1.807, 2.05) is 35.7 Å². The minimum absolute atomic E-state index is 0.0953. The third kappa shape index (κ3) is 5.53. The number of rotatable bonds is 9. The van der Waals surface area contributed by atoms with Gasteiger partial charge in [-0.2, -0.15) is 0 Å². The minimum atomic E-state index is 0.0953. The van der Waals surface area contributed by atoms with E-state index in [1.165, 1.54) is 5.56 Å². The number of hydrogen-bond donors (Lipinski definition) is 1. The Hall–Kier alpha value is -1.81. The van der Waals surface area contributed by atoms with Crippen molar-refractivity contribution < 1.29 is 9.53 Å². The second-order valence-electron chi connectivity index (χ2n) is 5.17. The number of aryl methyl sites for hydroxylation is 1. The number of para-hydroxylation sites is 1. The molecule has 4 heteroatoms. The van der Waals surface area contributed by atoms with Crippen molar-refractivity contribution in [2.24, 2.45) is 0 Å². The molecular formula is C18H23NO2S. The lowest BCUT2D eigenvalue weighted by Gasteiger charge is -2.11. The van der Waals surface area contributed by atoms with Crippen molar-refractivity contribution in [3.8, 4) is 5.75 Å². The first-order valence-electron chi connectivity index (χ1n) is 7.79. The van der Waals surface area contributed by atoms with Gasteiger partial charge in [0.05, 0.1) is 13.0 Å². The van der Waals surface area contributed by atoms with Crippen molar-refractivity contribution in [3.05, 3.63) is 52.2 Å². The van der Waals surface area contributed by atoms with Gasteiger partial charge in [-0.05, 0) is 42.3 Å². The Kier molecular flexibility index (Phi) is 6.97. The van der Waals surface area contributed by atoms with E-state index in [2.05, 4.69) is 18.3 Å². The van der Waals surface area contributed by atoms with Crippen LogP contribution in [0, 0.1) is 0 Å². The fourth-order valence-electron chi connectivity index (χ4n) is 2.20. The molecule has 0 aliphatic carbocycles. The summed E-state index contributed by atoms with van der Waals surface area (Å²) in [5.74, 6) is 1.06. The maximum atomic E-state index is 11.8. The Balaban J connectivity index is 1.71. The highest BCUT2D eigenvalue weighted by molar-refractivity contribution is 7.10. The van der Waals surface area contributed by atoms with Crippen LogP contribution in [0.25, 0.3) is 0 Å². The lowest BCUT2D eigenvalue weighted by atomic mass is 10.1. The molecule has 118 valence electrons. The summed E-state index contributed by atoms with van der Waals surface area (Å²) in [5, 5.41) is 4.98. The number of thiophene rings is 1. The number of benzene rings is 1. The summed E-state index contributed by atoms with van der Waals surface area (Å²) in [5.41, 5.74) is 1.21. The van der Waals surface area contributed by atoms with E-state index in [9.17, 15) is 4.79 Å². The molecule has 0 bridgehead atoms. The summed E-state index contributed by atoms with van der Waals surface area (Å²) in [4.78, 5) is 12.9. The highest BCUT2D eigenvalue weighted by Crippen LogP contribution is 2.19. The molecule has 1 N–H and O–H groups in total. The fourth-order valence-corrected chi connectivity index (χ4v) is 2.91. The first-order valence-corrected chi connectivity index (χ1v) is 8.67. The maximum absolute atomic E-state index is 11.8. The summed E-state index contributed by atoms with van der Waals surface area (Å²) < 4.78 is 5.75. The van der Waals surface area contributed by atoms with Gasteiger partial charge in [0.15, 0.2) is 0 Å². The number of nitrogens with one attached hydrogen (secondary N) is 1. The second kappa shape index (κ2) is 9.26. The van der Waals surface area contributed by atoms with Crippen molar-refractivity contribution in [3.63, 3.8) is 0 Å². The van der Waals surface area contributed by atoms with Gasteiger partial charge in [0, 0.05) is 11.4 Å². The van der Waals surface area contributed by atoms with Gasteiger partial charge in [-0.15, -0.1) is 11.3 Å². The highest BCUT2D eigenvalue weighted by Gasteiger charge is 2.05. The molecule has 0 radical (unpaired) electrons. The largest absolute Gasteiger partial charge is 0.493 e. The molecule has 0 aliphatic heterocycles. The lowest BCUT2D eigenvalue weighted by molar-refractivity contribution is -0.120. The van der Waals surface area contributed by atoms with Crippen LogP contribution in [0.15, 0.2) is 41.8 Å². The summed E-state index contributed by atoms with van der Waals surface area (Å²) in [7, 11) is 0. The van der Waals surface area contributed by atoms with Gasteiger partial charge in [-0.3, -0.25) is 4.79 Å². The summed E-state index contributed by atoms with van der Waals surface area (Å²) in [6.45, 7) is 3.55. The average Bonchev–Trinajstić information content (AvgIpc) is 3.03. The van der Waals surface area contributed by atoms with Gasteiger partial charge in [-0.25, -0.2) is 0 Å². The van der Waals surface area contributed by atoms with Gasteiger partial charge in [-0.1, -0.05) is 31.2 Å². The molecule has 2 aromatic rings. The molecule has 0 spiro atoms. The Labute approximate surface area is 136 Å². The normalized spacial score (nSPS) is 10.4. The quantitative estimate of drug-likeness (QED) is 0.714. The Morgan fingerprint density at radius 3 is 2.86 bits per heavy atom. The SMILES string of the molecule is CCCOc1ccccc1CCCNC(=O)Cc1cccs1. The number of carbonyl (C=O) groups is 1.